The number of hydrogen-bond acceptors (Lipinski definition) is 4. The molecular weight excluding hydrogens is 419 g/mol. The molecule has 1 saturated heterocycles. The largest absolute Gasteiger partial charge is 0.402 e. The van der Waals surface area contributed by atoms with Gasteiger partial charge in [-0.15, -0.1) is 0 Å². The lowest BCUT2D eigenvalue weighted by Crippen LogP contribution is -2.35. The van der Waals surface area contributed by atoms with Crippen LogP contribution in [-0.2, 0) is 26.0 Å². The van der Waals surface area contributed by atoms with Gasteiger partial charge in [0.1, 0.15) is 0 Å². The molecule has 142 valence electrons. The molecule has 1 heterocycles. The van der Waals surface area contributed by atoms with Gasteiger partial charge in [0.15, 0.2) is 0 Å². The molecule has 0 bridgehead atoms. The summed E-state index contributed by atoms with van der Waals surface area (Å²) in [5, 5.41) is 0. The summed E-state index contributed by atoms with van der Waals surface area (Å²) in [6, 6.07) is 4.29. The molecule has 0 aromatic heterocycles. The van der Waals surface area contributed by atoms with Crippen LogP contribution in [0.1, 0.15) is 31.4 Å². The Kier molecular flexibility index (Phi) is 7.16. The summed E-state index contributed by atoms with van der Waals surface area (Å²) >= 11 is 3.11. The van der Waals surface area contributed by atoms with Gasteiger partial charge in [0, 0.05) is 29.7 Å². The highest BCUT2D eigenvalue weighted by atomic mass is 79.9. The molecule has 5 nitrogen and oxygen atoms in total. The second-order valence-electron chi connectivity index (χ2n) is 6.09. The number of nitrogens with zero attached hydrogens (tertiary/aromatic N) is 1. The molecular formula is C16H23BrF2NO4P. The van der Waals surface area contributed by atoms with E-state index >= 15 is 0 Å². The highest BCUT2D eigenvalue weighted by Crippen LogP contribution is 2.64. The fourth-order valence-corrected chi connectivity index (χ4v) is 4.55. The van der Waals surface area contributed by atoms with E-state index in [0.29, 0.717) is 26.2 Å². The predicted molar refractivity (Wildman–Crippen MR) is 94.8 cm³/mol. The highest BCUT2D eigenvalue weighted by Gasteiger charge is 2.54. The summed E-state index contributed by atoms with van der Waals surface area (Å²) in [6.07, 6.45) is -0.374. The van der Waals surface area contributed by atoms with Gasteiger partial charge in [0.2, 0.25) is 0 Å². The second kappa shape index (κ2) is 8.55. The Morgan fingerprint density at radius 2 is 2.08 bits per heavy atom. The summed E-state index contributed by atoms with van der Waals surface area (Å²) in [5.41, 5.74) is -3.71. The maximum Gasteiger partial charge on any atom is 0.402 e. The lowest BCUT2D eigenvalue weighted by molar-refractivity contribution is 0.0330. The number of ether oxygens (including phenoxy) is 1. The Labute approximate surface area is 155 Å². The van der Waals surface area contributed by atoms with E-state index in [1.54, 1.807) is 19.1 Å². The Balaban J connectivity index is 2.19. The molecule has 1 fully saturated rings. The van der Waals surface area contributed by atoms with E-state index in [4.69, 9.17) is 9.26 Å². The van der Waals surface area contributed by atoms with Gasteiger partial charge in [-0.1, -0.05) is 35.0 Å². The van der Waals surface area contributed by atoms with E-state index < -0.39 is 24.9 Å². The minimum Gasteiger partial charge on any atom is -0.379 e. The summed E-state index contributed by atoms with van der Waals surface area (Å²) in [4.78, 5) is 12.0. The average Bonchev–Trinajstić information content (AvgIpc) is 2.55. The van der Waals surface area contributed by atoms with Crippen molar-refractivity contribution >= 4 is 23.5 Å². The van der Waals surface area contributed by atoms with Gasteiger partial charge in [0.25, 0.3) is 0 Å². The molecule has 2 atom stereocenters. The van der Waals surface area contributed by atoms with Gasteiger partial charge >= 0.3 is 13.3 Å². The molecule has 0 aliphatic carbocycles. The zero-order valence-corrected chi connectivity index (χ0v) is 16.7. The first-order chi connectivity index (χ1) is 11.7. The van der Waals surface area contributed by atoms with Gasteiger partial charge in [0.05, 0.1) is 19.3 Å². The predicted octanol–water partition coefficient (Wildman–Crippen LogP) is 4.33. The molecule has 1 aliphatic heterocycles. The van der Waals surface area contributed by atoms with Crippen LogP contribution in [0.5, 0.6) is 0 Å². The van der Waals surface area contributed by atoms with E-state index in [9.17, 15) is 18.2 Å². The van der Waals surface area contributed by atoms with E-state index in [1.807, 2.05) is 0 Å². The lowest BCUT2D eigenvalue weighted by Gasteiger charge is -2.28. The van der Waals surface area contributed by atoms with E-state index in [0.717, 1.165) is 18.7 Å². The molecule has 0 amide bonds. The smallest absolute Gasteiger partial charge is 0.379 e. The fourth-order valence-electron chi connectivity index (χ4n) is 2.46. The van der Waals surface area contributed by atoms with Crippen molar-refractivity contribution in [1.82, 2.24) is 4.90 Å². The second-order valence-corrected chi connectivity index (χ2v) is 8.76. The van der Waals surface area contributed by atoms with E-state index in [2.05, 4.69) is 20.8 Å². The van der Waals surface area contributed by atoms with Crippen LogP contribution in [0.25, 0.3) is 0 Å². The third kappa shape index (κ3) is 5.08. The topological polar surface area (TPSA) is 59.0 Å². The minimum atomic E-state index is -5.16. The highest BCUT2D eigenvalue weighted by molar-refractivity contribution is 9.10. The molecule has 1 aromatic rings. The van der Waals surface area contributed by atoms with E-state index in [1.165, 1.54) is 13.0 Å². The molecule has 25 heavy (non-hydrogen) atoms. The molecule has 1 N–H and O–H groups in total. The van der Waals surface area contributed by atoms with Crippen molar-refractivity contribution in [2.75, 3.05) is 26.3 Å². The number of alkyl halides is 2. The molecule has 9 heteroatoms. The summed E-state index contributed by atoms with van der Waals surface area (Å²) in [6.45, 7) is 6.65. The number of morpholine rings is 1. The van der Waals surface area contributed by atoms with Crippen molar-refractivity contribution in [2.45, 2.75) is 38.6 Å². The van der Waals surface area contributed by atoms with Gasteiger partial charge in [-0.2, -0.15) is 8.78 Å². The van der Waals surface area contributed by atoms with Crippen molar-refractivity contribution in [3.63, 3.8) is 0 Å². The number of rotatable bonds is 7. The Bertz CT molecular complexity index is 641. The van der Waals surface area contributed by atoms with Crippen molar-refractivity contribution in [3.8, 4) is 0 Å². The number of halogens is 3. The molecule has 0 spiro atoms. The average molecular weight is 442 g/mol. The molecule has 0 radical (unpaired) electrons. The van der Waals surface area contributed by atoms with Crippen molar-refractivity contribution in [1.29, 1.82) is 0 Å². The van der Waals surface area contributed by atoms with E-state index in [-0.39, 0.29) is 4.47 Å². The Hall–Kier alpha value is -0.370. The Morgan fingerprint density at radius 3 is 2.64 bits per heavy atom. The van der Waals surface area contributed by atoms with Gasteiger partial charge in [-0.3, -0.25) is 9.46 Å². The van der Waals surface area contributed by atoms with Crippen LogP contribution in [0.4, 0.5) is 8.78 Å². The lowest BCUT2D eigenvalue weighted by atomic mass is 10.1. The monoisotopic (exact) mass is 441 g/mol. The van der Waals surface area contributed by atoms with Gasteiger partial charge < -0.3 is 14.2 Å². The molecule has 1 aliphatic rings. The quantitative estimate of drug-likeness (QED) is 0.638. The standard InChI is InChI=1S/C16H23BrF2NO4P/c1-3-12(2)24-25(21,22)16(18,19)14-5-4-13(10-15(14)17)11-20-6-8-23-9-7-20/h4-5,10,12H,3,6-9,11H2,1-2H3,(H,21,22). The van der Waals surface area contributed by atoms with Crippen LogP contribution in [0.2, 0.25) is 0 Å². The maximum atomic E-state index is 14.6. The third-order valence-electron chi connectivity index (χ3n) is 4.12. The molecule has 2 rings (SSSR count). The van der Waals surface area contributed by atoms with Gasteiger partial charge in [-0.25, -0.2) is 0 Å². The Morgan fingerprint density at radius 1 is 1.44 bits per heavy atom. The SMILES string of the molecule is CCC(C)OP(=O)(O)C(F)(F)c1ccc(CN2CCOCC2)cc1Br. The number of hydrogen-bond donors (Lipinski definition) is 1. The first kappa shape index (κ1) is 20.9. The molecule has 0 saturated carbocycles. The van der Waals surface area contributed by atoms with Crippen LogP contribution in [0.3, 0.4) is 0 Å². The molecule has 1 aromatic carbocycles. The maximum absolute atomic E-state index is 14.6. The van der Waals surface area contributed by atoms with Crippen molar-refractivity contribution < 1.29 is 27.5 Å². The van der Waals surface area contributed by atoms with Gasteiger partial charge in [-0.05, 0) is 25.0 Å². The first-order valence-electron chi connectivity index (χ1n) is 8.15. The van der Waals surface area contributed by atoms with Crippen LogP contribution >= 0.6 is 23.5 Å². The zero-order valence-electron chi connectivity index (χ0n) is 14.3. The number of benzene rings is 1. The van der Waals surface area contributed by atoms with Crippen LogP contribution < -0.4 is 0 Å². The third-order valence-corrected chi connectivity index (χ3v) is 6.37. The van der Waals surface area contributed by atoms with Crippen molar-refractivity contribution in [2.24, 2.45) is 0 Å². The van der Waals surface area contributed by atoms with Crippen molar-refractivity contribution in [3.05, 3.63) is 33.8 Å². The van der Waals surface area contributed by atoms with Crippen LogP contribution in [0, 0.1) is 0 Å². The normalized spacial score (nSPS) is 20.2. The summed E-state index contributed by atoms with van der Waals surface area (Å²) in [5.74, 6) is 0. The zero-order chi connectivity index (χ0) is 18.7. The minimum absolute atomic E-state index is 0.0882. The summed E-state index contributed by atoms with van der Waals surface area (Å²) < 4.78 is 51.4. The van der Waals surface area contributed by atoms with Crippen LogP contribution in [-0.4, -0.2) is 42.2 Å². The van der Waals surface area contributed by atoms with Crippen LogP contribution in [0.15, 0.2) is 22.7 Å². The summed E-state index contributed by atoms with van der Waals surface area (Å²) in [7, 11) is -5.16. The fraction of sp³-hybridized carbons (Fsp3) is 0.625. The molecule has 2 unspecified atom stereocenters. The first-order valence-corrected chi connectivity index (χ1v) is 10.5.